The molecule has 1 aromatic carbocycles. The number of allylic oxidation sites excluding steroid dienone is 1. The van der Waals surface area contributed by atoms with Crippen LogP contribution in [0.25, 0.3) is 0 Å². The van der Waals surface area contributed by atoms with Crippen LogP contribution in [0.1, 0.15) is 37.8 Å². The Morgan fingerprint density at radius 2 is 1.81 bits per heavy atom. The van der Waals surface area contributed by atoms with Gasteiger partial charge in [-0.3, -0.25) is 0 Å². The maximum absolute atomic E-state index is 12.7. The zero-order valence-corrected chi connectivity index (χ0v) is 15.7. The summed E-state index contributed by atoms with van der Waals surface area (Å²) in [4.78, 5) is 25.4. The van der Waals surface area contributed by atoms with Gasteiger partial charge in [0.05, 0.1) is 41.9 Å². The Bertz CT molecular complexity index is 849. The second kappa shape index (κ2) is 9.01. The molecule has 1 aliphatic rings. The maximum atomic E-state index is 12.7. The molecule has 0 saturated carbocycles. The van der Waals surface area contributed by atoms with Crippen LogP contribution in [0.5, 0.6) is 0 Å². The van der Waals surface area contributed by atoms with E-state index in [0.29, 0.717) is 28.1 Å². The van der Waals surface area contributed by atoms with E-state index in [1.807, 2.05) is 0 Å². The van der Waals surface area contributed by atoms with E-state index in [2.05, 4.69) is 11.4 Å². The molecular weight excluding hydrogens is 346 g/mol. The highest BCUT2D eigenvalue weighted by Gasteiger charge is 2.38. The van der Waals surface area contributed by atoms with Gasteiger partial charge in [-0.15, -0.1) is 0 Å². The van der Waals surface area contributed by atoms with Gasteiger partial charge in [0.2, 0.25) is 0 Å². The SMILES string of the molecule is CCOC(=O)C1=C(C)NC(CN)=C(C(=O)OCC)C1c1cccc(C#N)c1. The van der Waals surface area contributed by atoms with Crippen LogP contribution in [0.2, 0.25) is 0 Å². The van der Waals surface area contributed by atoms with Crippen LogP contribution >= 0.6 is 0 Å². The number of rotatable bonds is 6. The highest BCUT2D eigenvalue weighted by molar-refractivity contribution is 6.00. The number of benzene rings is 1. The van der Waals surface area contributed by atoms with Crippen molar-refractivity contribution in [2.75, 3.05) is 19.8 Å². The van der Waals surface area contributed by atoms with E-state index in [9.17, 15) is 14.9 Å². The van der Waals surface area contributed by atoms with Crippen molar-refractivity contribution in [1.82, 2.24) is 5.32 Å². The third kappa shape index (κ3) is 4.18. The van der Waals surface area contributed by atoms with Crippen molar-refractivity contribution in [2.24, 2.45) is 5.73 Å². The van der Waals surface area contributed by atoms with E-state index in [0.717, 1.165) is 0 Å². The number of nitrogens with one attached hydrogen (secondary N) is 1. The number of dihydropyridines is 1. The Balaban J connectivity index is 2.72. The Kier molecular flexibility index (Phi) is 6.74. The molecule has 1 heterocycles. The number of nitrogens with two attached hydrogens (primary N) is 1. The number of nitrogens with zero attached hydrogens (tertiary/aromatic N) is 1. The third-order valence-electron chi connectivity index (χ3n) is 4.19. The van der Waals surface area contributed by atoms with Crippen LogP contribution in [0.15, 0.2) is 46.8 Å². The summed E-state index contributed by atoms with van der Waals surface area (Å²) >= 11 is 0. The van der Waals surface area contributed by atoms with Crippen LogP contribution in [0.3, 0.4) is 0 Å². The predicted octanol–water partition coefficient (Wildman–Crippen LogP) is 1.86. The van der Waals surface area contributed by atoms with Crippen LogP contribution < -0.4 is 11.1 Å². The predicted molar refractivity (Wildman–Crippen MR) is 99.1 cm³/mol. The number of carbonyl (C=O) groups excluding carboxylic acids is 2. The van der Waals surface area contributed by atoms with Crippen molar-refractivity contribution in [3.63, 3.8) is 0 Å². The highest BCUT2D eigenvalue weighted by Crippen LogP contribution is 2.39. The molecule has 0 aromatic heterocycles. The first-order valence-electron chi connectivity index (χ1n) is 8.73. The summed E-state index contributed by atoms with van der Waals surface area (Å²) < 4.78 is 10.4. The lowest BCUT2D eigenvalue weighted by Gasteiger charge is -2.31. The molecule has 2 rings (SSSR count). The van der Waals surface area contributed by atoms with E-state index in [1.54, 1.807) is 45.0 Å². The Morgan fingerprint density at radius 1 is 1.19 bits per heavy atom. The number of carbonyl (C=O) groups is 2. The lowest BCUT2D eigenvalue weighted by atomic mass is 9.79. The molecule has 1 unspecified atom stereocenters. The monoisotopic (exact) mass is 369 g/mol. The molecule has 1 aromatic rings. The quantitative estimate of drug-likeness (QED) is 0.736. The molecule has 3 N–H and O–H groups in total. The van der Waals surface area contributed by atoms with E-state index < -0.39 is 17.9 Å². The molecular formula is C20H23N3O4. The van der Waals surface area contributed by atoms with Crippen molar-refractivity contribution in [3.8, 4) is 6.07 Å². The summed E-state index contributed by atoms with van der Waals surface area (Å²) in [6, 6.07) is 8.85. The fraction of sp³-hybridized carbons (Fsp3) is 0.350. The largest absolute Gasteiger partial charge is 0.463 e. The zero-order valence-electron chi connectivity index (χ0n) is 15.7. The lowest BCUT2D eigenvalue weighted by molar-refractivity contribution is -0.139. The van der Waals surface area contributed by atoms with Crippen LogP contribution in [0, 0.1) is 11.3 Å². The minimum atomic E-state index is -0.740. The minimum absolute atomic E-state index is 0.0655. The topological polar surface area (TPSA) is 114 Å². The van der Waals surface area contributed by atoms with E-state index in [-0.39, 0.29) is 25.3 Å². The number of hydrogen-bond donors (Lipinski definition) is 2. The van der Waals surface area contributed by atoms with Crippen LogP contribution in [-0.2, 0) is 19.1 Å². The molecule has 0 amide bonds. The molecule has 0 fully saturated rings. The molecule has 0 spiro atoms. The van der Waals surface area contributed by atoms with Gasteiger partial charge >= 0.3 is 11.9 Å². The Labute approximate surface area is 158 Å². The molecule has 7 nitrogen and oxygen atoms in total. The van der Waals surface area contributed by atoms with Gasteiger partial charge in [0, 0.05) is 17.9 Å². The standard InChI is InChI=1S/C20H23N3O4/c1-4-26-19(24)16-12(3)23-15(11-22)18(20(25)27-5-2)17(16)14-8-6-7-13(9-14)10-21/h6-9,17,23H,4-5,11,22H2,1-3H3. The number of hydrogen-bond acceptors (Lipinski definition) is 7. The fourth-order valence-electron chi connectivity index (χ4n) is 3.11. The first kappa shape index (κ1) is 20.2. The van der Waals surface area contributed by atoms with Crippen molar-refractivity contribution in [1.29, 1.82) is 5.26 Å². The molecule has 0 radical (unpaired) electrons. The molecule has 0 bridgehead atoms. The van der Waals surface area contributed by atoms with Gasteiger partial charge in [0.15, 0.2) is 0 Å². The number of nitriles is 1. The van der Waals surface area contributed by atoms with Gasteiger partial charge in [-0.2, -0.15) is 5.26 Å². The second-order valence-electron chi connectivity index (χ2n) is 5.87. The number of ether oxygens (including phenoxy) is 2. The van der Waals surface area contributed by atoms with Gasteiger partial charge in [-0.25, -0.2) is 9.59 Å². The first-order valence-corrected chi connectivity index (χ1v) is 8.73. The molecule has 27 heavy (non-hydrogen) atoms. The van der Waals surface area contributed by atoms with Crippen LogP contribution in [-0.4, -0.2) is 31.7 Å². The second-order valence-corrected chi connectivity index (χ2v) is 5.87. The van der Waals surface area contributed by atoms with E-state index >= 15 is 0 Å². The summed E-state index contributed by atoms with van der Waals surface area (Å²) in [5, 5.41) is 12.3. The van der Waals surface area contributed by atoms with Crippen LogP contribution in [0.4, 0.5) is 0 Å². The summed E-state index contributed by atoms with van der Waals surface area (Å²) in [5.74, 6) is -1.84. The molecule has 7 heteroatoms. The van der Waals surface area contributed by atoms with Crippen molar-refractivity contribution < 1.29 is 19.1 Å². The van der Waals surface area contributed by atoms with Gasteiger partial charge in [0.1, 0.15) is 0 Å². The maximum Gasteiger partial charge on any atom is 0.336 e. The summed E-state index contributed by atoms with van der Waals surface area (Å²) in [6.07, 6.45) is 0. The Morgan fingerprint density at radius 3 is 2.37 bits per heavy atom. The van der Waals surface area contributed by atoms with Crippen molar-refractivity contribution in [3.05, 3.63) is 57.9 Å². The summed E-state index contributed by atoms with van der Waals surface area (Å²) in [6.45, 7) is 5.59. The average molecular weight is 369 g/mol. The van der Waals surface area contributed by atoms with E-state index in [4.69, 9.17) is 15.2 Å². The lowest BCUT2D eigenvalue weighted by Crippen LogP contribution is -2.35. The highest BCUT2D eigenvalue weighted by atomic mass is 16.5. The number of esters is 2. The van der Waals surface area contributed by atoms with Gasteiger partial charge in [-0.05, 0) is 38.5 Å². The van der Waals surface area contributed by atoms with Crippen molar-refractivity contribution >= 4 is 11.9 Å². The minimum Gasteiger partial charge on any atom is -0.463 e. The smallest absolute Gasteiger partial charge is 0.336 e. The van der Waals surface area contributed by atoms with Gasteiger partial charge < -0.3 is 20.5 Å². The third-order valence-corrected chi connectivity index (χ3v) is 4.19. The molecule has 1 atom stereocenters. The summed E-state index contributed by atoms with van der Waals surface area (Å²) in [7, 11) is 0. The average Bonchev–Trinajstić information content (AvgIpc) is 2.67. The zero-order chi connectivity index (χ0) is 20.0. The normalized spacial score (nSPS) is 16.5. The van der Waals surface area contributed by atoms with Crippen molar-refractivity contribution in [2.45, 2.75) is 26.7 Å². The fourth-order valence-corrected chi connectivity index (χ4v) is 3.11. The molecule has 0 saturated heterocycles. The summed E-state index contributed by atoms with van der Waals surface area (Å²) in [5.41, 5.74) is 8.47. The van der Waals surface area contributed by atoms with E-state index in [1.165, 1.54) is 0 Å². The van der Waals surface area contributed by atoms with Gasteiger partial charge in [-0.1, -0.05) is 12.1 Å². The molecule has 142 valence electrons. The molecule has 1 aliphatic heterocycles. The first-order chi connectivity index (χ1) is 13.0. The Hall–Kier alpha value is -3.11. The van der Waals surface area contributed by atoms with Gasteiger partial charge in [0.25, 0.3) is 0 Å². The molecule has 0 aliphatic carbocycles.